The van der Waals surface area contributed by atoms with Crippen LogP contribution in [0.25, 0.3) is 0 Å². The summed E-state index contributed by atoms with van der Waals surface area (Å²) in [4.78, 5) is 1.31. The fraction of sp³-hybridized carbons (Fsp3) is 0.733. The van der Waals surface area contributed by atoms with E-state index in [4.69, 9.17) is 9.47 Å². The molecule has 4 nitrogen and oxygen atoms in total. The highest BCUT2D eigenvalue weighted by molar-refractivity contribution is 7.10. The van der Waals surface area contributed by atoms with Crippen molar-refractivity contribution in [3.8, 4) is 0 Å². The zero-order valence-corrected chi connectivity index (χ0v) is 13.5. The minimum absolute atomic E-state index is 0.285. The highest BCUT2D eigenvalue weighted by Gasteiger charge is 2.17. The highest BCUT2D eigenvalue weighted by atomic mass is 32.1. The van der Waals surface area contributed by atoms with Crippen LogP contribution >= 0.6 is 11.3 Å². The van der Waals surface area contributed by atoms with Crippen LogP contribution in [0.3, 0.4) is 0 Å². The van der Waals surface area contributed by atoms with Gasteiger partial charge in [0.2, 0.25) is 0 Å². The van der Waals surface area contributed by atoms with Crippen molar-refractivity contribution in [2.75, 3.05) is 33.0 Å². The van der Waals surface area contributed by atoms with Crippen LogP contribution in [0.1, 0.15) is 31.7 Å². The maximum Gasteiger partial charge on any atom is 0.0897 e. The van der Waals surface area contributed by atoms with Crippen LogP contribution < -0.4 is 5.32 Å². The molecule has 0 fully saturated rings. The van der Waals surface area contributed by atoms with Gasteiger partial charge in [-0.25, -0.2) is 0 Å². The molecule has 1 rings (SSSR count). The Morgan fingerprint density at radius 3 is 2.65 bits per heavy atom. The van der Waals surface area contributed by atoms with Crippen molar-refractivity contribution >= 4 is 11.3 Å². The second-order valence-electron chi connectivity index (χ2n) is 5.07. The molecule has 5 heteroatoms. The first-order chi connectivity index (χ1) is 9.65. The first-order valence-electron chi connectivity index (χ1n) is 7.25. The van der Waals surface area contributed by atoms with Crippen LogP contribution in [-0.2, 0) is 9.47 Å². The molecule has 0 aromatic carbocycles. The van der Waals surface area contributed by atoms with Crippen LogP contribution in [0, 0.1) is 5.92 Å². The third-order valence-electron chi connectivity index (χ3n) is 2.98. The van der Waals surface area contributed by atoms with E-state index in [2.05, 4.69) is 36.7 Å². The van der Waals surface area contributed by atoms with Gasteiger partial charge >= 0.3 is 0 Å². The Kier molecular flexibility index (Phi) is 9.05. The summed E-state index contributed by atoms with van der Waals surface area (Å²) in [5, 5.41) is 15.4. The van der Waals surface area contributed by atoms with Crippen molar-refractivity contribution in [1.82, 2.24) is 5.32 Å². The highest BCUT2D eigenvalue weighted by Crippen LogP contribution is 2.25. The van der Waals surface area contributed by atoms with E-state index in [9.17, 15) is 5.11 Å². The van der Waals surface area contributed by atoms with Crippen LogP contribution in [0.2, 0.25) is 0 Å². The van der Waals surface area contributed by atoms with Gasteiger partial charge in [-0.05, 0) is 24.3 Å². The molecule has 2 unspecified atom stereocenters. The van der Waals surface area contributed by atoms with Gasteiger partial charge in [0.05, 0.1) is 25.9 Å². The first-order valence-corrected chi connectivity index (χ1v) is 8.13. The van der Waals surface area contributed by atoms with Crippen LogP contribution in [0.15, 0.2) is 17.5 Å². The van der Waals surface area contributed by atoms with E-state index in [1.165, 1.54) is 4.88 Å². The molecule has 20 heavy (non-hydrogen) atoms. The summed E-state index contributed by atoms with van der Waals surface area (Å²) < 4.78 is 10.5. The molecule has 2 N–H and O–H groups in total. The van der Waals surface area contributed by atoms with E-state index in [-0.39, 0.29) is 6.04 Å². The van der Waals surface area contributed by atoms with Crippen molar-refractivity contribution in [3.63, 3.8) is 0 Å². The molecule has 0 radical (unpaired) electrons. The van der Waals surface area contributed by atoms with Crippen LogP contribution in [0.4, 0.5) is 0 Å². The molecule has 0 saturated carbocycles. The Morgan fingerprint density at radius 2 is 2.05 bits per heavy atom. The van der Waals surface area contributed by atoms with Crippen LogP contribution in [-0.4, -0.2) is 44.2 Å². The molecule has 1 aromatic heterocycles. The van der Waals surface area contributed by atoms with Gasteiger partial charge in [-0.3, -0.25) is 0 Å². The fourth-order valence-electron chi connectivity index (χ4n) is 1.94. The Balaban J connectivity index is 2.22. The molecule has 0 bridgehead atoms. The normalized spacial score (nSPS) is 14.7. The van der Waals surface area contributed by atoms with Gasteiger partial charge in [0, 0.05) is 24.1 Å². The van der Waals surface area contributed by atoms with E-state index in [0.717, 1.165) is 0 Å². The number of aliphatic hydroxyl groups is 1. The Morgan fingerprint density at radius 1 is 1.30 bits per heavy atom. The zero-order chi connectivity index (χ0) is 14.8. The van der Waals surface area contributed by atoms with E-state index >= 15 is 0 Å². The van der Waals surface area contributed by atoms with Crippen molar-refractivity contribution in [3.05, 3.63) is 22.4 Å². The third-order valence-corrected chi connectivity index (χ3v) is 3.93. The zero-order valence-electron chi connectivity index (χ0n) is 12.7. The maximum absolute atomic E-state index is 9.91. The lowest BCUT2D eigenvalue weighted by atomic mass is 10.0. The predicted molar refractivity (Wildman–Crippen MR) is 83.2 cm³/mol. The quantitative estimate of drug-likeness (QED) is 0.616. The summed E-state index contributed by atoms with van der Waals surface area (Å²) >= 11 is 1.75. The standard InChI is InChI=1S/C15H27NO3S/c1-4-18-7-8-19-11-13(17)10-16-15(12(2)3)14-6-5-9-20-14/h5-6,9,12-13,15-17H,4,7-8,10-11H2,1-3H3. The summed E-state index contributed by atoms with van der Waals surface area (Å²) in [7, 11) is 0. The molecule has 0 amide bonds. The second-order valence-corrected chi connectivity index (χ2v) is 6.05. The minimum atomic E-state index is -0.488. The van der Waals surface area contributed by atoms with E-state index < -0.39 is 6.10 Å². The average molecular weight is 301 g/mol. The Hall–Kier alpha value is -0.460. The van der Waals surface area contributed by atoms with Crippen LogP contribution in [0.5, 0.6) is 0 Å². The van der Waals surface area contributed by atoms with Crippen molar-refractivity contribution < 1.29 is 14.6 Å². The Labute approximate surface area is 126 Å². The lowest BCUT2D eigenvalue weighted by molar-refractivity contribution is 0.00532. The van der Waals surface area contributed by atoms with Gasteiger partial charge in [0.15, 0.2) is 0 Å². The summed E-state index contributed by atoms with van der Waals surface area (Å²) in [5.41, 5.74) is 0. The molecular weight excluding hydrogens is 274 g/mol. The molecule has 0 aliphatic heterocycles. The topological polar surface area (TPSA) is 50.7 Å². The van der Waals surface area contributed by atoms with Gasteiger partial charge in [-0.15, -0.1) is 11.3 Å². The number of hydrogen-bond donors (Lipinski definition) is 2. The van der Waals surface area contributed by atoms with Gasteiger partial charge in [0.1, 0.15) is 0 Å². The van der Waals surface area contributed by atoms with Gasteiger partial charge in [0.25, 0.3) is 0 Å². The minimum Gasteiger partial charge on any atom is -0.389 e. The largest absolute Gasteiger partial charge is 0.389 e. The average Bonchev–Trinajstić information content (AvgIpc) is 2.92. The molecule has 0 aliphatic carbocycles. The number of nitrogens with one attached hydrogen (secondary N) is 1. The number of rotatable bonds is 11. The summed E-state index contributed by atoms with van der Waals surface area (Å²) in [6, 6.07) is 4.48. The molecule has 1 heterocycles. The molecule has 0 spiro atoms. The van der Waals surface area contributed by atoms with Gasteiger partial charge in [-0.1, -0.05) is 19.9 Å². The molecule has 2 atom stereocenters. The first kappa shape index (κ1) is 17.6. The molecule has 116 valence electrons. The second kappa shape index (κ2) is 10.3. The number of ether oxygens (including phenoxy) is 2. The molecular formula is C15H27NO3S. The predicted octanol–water partition coefficient (Wildman–Crippen LogP) is 2.45. The van der Waals surface area contributed by atoms with Gasteiger partial charge in [-0.2, -0.15) is 0 Å². The number of hydrogen-bond acceptors (Lipinski definition) is 5. The summed E-state index contributed by atoms with van der Waals surface area (Å²) in [6.45, 7) is 9.01. The SMILES string of the molecule is CCOCCOCC(O)CNC(c1cccs1)C(C)C. The molecule has 1 aromatic rings. The number of aliphatic hydroxyl groups excluding tert-OH is 1. The summed E-state index contributed by atoms with van der Waals surface area (Å²) in [6.07, 6.45) is -0.488. The van der Waals surface area contributed by atoms with E-state index in [1.54, 1.807) is 11.3 Å². The summed E-state index contributed by atoms with van der Waals surface area (Å²) in [5.74, 6) is 0.486. The molecule has 0 saturated heterocycles. The van der Waals surface area contributed by atoms with Crippen molar-refractivity contribution in [2.24, 2.45) is 5.92 Å². The maximum atomic E-state index is 9.91. The Bertz CT molecular complexity index is 330. The lowest BCUT2D eigenvalue weighted by Gasteiger charge is -2.23. The third kappa shape index (κ3) is 6.81. The fourth-order valence-corrected chi connectivity index (χ4v) is 2.91. The number of thiophene rings is 1. The molecule has 0 aliphatic rings. The van der Waals surface area contributed by atoms with Gasteiger partial charge < -0.3 is 19.9 Å². The van der Waals surface area contributed by atoms with E-state index in [1.807, 2.05) is 6.92 Å². The monoisotopic (exact) mass is 301 g/mol. The van der Waals surface area contributed by atoms with E-state index in [0.29, 0.717) is 38.9 Å². The van der Waals surface area contributed by atoms with Crippen molar-refractivity contribution in [1.29, 1.82) is 0 Å². The smallest absolute Gasteiger partial charge is 0.0897 e. The lowest BCUT2D eigenvalue weighted by Crippen LogP contribution is -2.35. The van der Waals surface area contributed by atoms with Crippen molar-refractivity contribution in [2.45, 2.75) is 32.9 Å².